The lowest BCUT2D eigenvalue weighted by molar-refractivity contribution is -0.132. The minimum atomic E-state index is -0.862. The Labute approximate surface area is 269 Å². The van der Waals surface area contributed by atoms with Crippen molar-refractivity contribution >= 4 is 56.5 Å². The number of anilines is 1. The van der Waals surface area contributed by atoms with Gasteiger partial charge in [-0.3, -0.25) is 14.5 Å². The Hall–Kier alpha value is -4.47. The quantitative estimate of drug-likeness (QED) is 0.0637. The number of hydrogen-bond donors (Lipinski definition) is 1. The van der Waals surface area contributed by atoms with Crippen LogP contribution >= 0.6 is 23.1 Å². The van der Waals surface area contributed by atoms with Crippen molar-refractivity contribution in [2.24, 2.45) is 0 Å². The molecule has 0 saturated carbocycles. The van der Waals surface area contributed by atoms with E-state index in [4.69, 9.17) is 4.74 Å². The fraction of sp³-hybridized carbons (Fsp3) is 0.222. The Bertz CT molecular complexity index is 1980. The van der Waals surface area contributed by atoms with E-state index in [0.29, 0.717) is 38.7 Å². The Morgan fingerprint density at radius 2 is 1.80 bits per heavy atom. The maximum absolute atomic E-state index is 13.7. The van der Waals surface area contributed by atoms with Crippen LogP contribution in [0.15, 0.2) is 94.8 Å². The molecule has 4 aromatic carbocycles. The molecule has 1 amide bonds. The smallest absolute Gasteiger partial charge is 0.301 e. The number of aliphatic hydroxyl groups excluding tert-OH is 1. The molecule has 0 unspecified atom stereocenters. The van der Waals surface area contributed by atoms with Crippen LogP contribution in [0.5, 0.6) is 5.75 Å². The summed E-state index contributed by atoms with van der Waals surface area (Å²) in [6, 6.07) is 26.8. The van der Waals surface area contributed by atoms with Gasteiger partial charge in [-0.15, -0.1) is 10.2 Å². The lowest BCUT2D eigenvalue weighted by Gasteiger charge is -2.23. The second-order valence-electron chi connectivity index (χ2n) is 11.7. The molecular formula is C36H31N3O4S2. The standard InChI is InChI=1S/C36H31N3O4S2/c1-20(2)22-11-13-24(14-12-22)31-30(32(40)25-15-16-29-27(18-25)17-21(3)43-29)33(41)34(42)39(31)35-37-38-36(45-35)44-19-26-9-6-8-23-7-4-5-10-28(23)26/h4-16,18,20-21,31,40H,17,19H2,1-3H3/t21-,31+/m0/s1. The van der Waals surface area contributed by atoms with Crippen molar-refractivity contribution in [3.8, 4) is 5.75 Å². The summed E-state index contributed by atoms with van der Waals surface area (Å²) >= 11 is 2.80. The van der Waals surface area contributed by atoms with Gasteiger partial charge >= 0.3 is 5.91 Å². The van der Waals surface area contributed by atoms with Gasteiger partial charge in [-0.05, 0) is 64.1 Å². The highest BCUT2D eigenvalue weighted by molar-refractivity contribution is 8.00. The van der Waals surface area contributed by atoms with Crippen molar-refractivity contribution in [3.63, 3.8) is 0 Å². The molecule has 1 fully saturated rings. The van der Waals surface area contributed by atoms with Gasteiger partial charge in [0.15, 0.2) is 4.34 Å². The number of nitrogens with zero attached hydrogens (tertiary/aromatic N) is 3. The molecule has 1 aromatic heterocycles. The van der Waals surface area contributed by atoms with Crippen LogP contribution in [-0.2, 0) is 21.8 Å². The molecule has 0 radical (unpaired) electrons. The van der Waals surface area contributed by atoms with Crippen LogP contribution in [0.25, 0.3) is 16.5 Å². The van der Waals surface area contributed by atoms with Crippen LogP contribution in [-0.4, -0.2) is 33.1 Å². The van der Waals surface area contributed by atoms with Crippen molar-refractivity contribution < 1.29 is 19.4 Å². The fourth-order valence-corrected chi connectivity index (χ4v) is 7.92. The minimum absolute atomic E-state index is 0.0318. The highest BCUT2D eigenvalue weighted by Crippen LogP contribution is 2.45. The predicted octanol–water partition coefficient (Wildman–Crippen LogP) is 8.06. The normalized spacial score (nSPS) is 19.0. The number of benzene rings is 4. The topological polar surface area (TPSA) is 92.6 Å². The average molecular weight is 634 g/mol. The summed E-state index contributed by atoms with van der Waals surface area (Å²) in [5.74, 6) is 0.0418. The van der Waals surface area contributed by atoms with Crippen molar-refractivity contribution in [2.45, 2.75) is 55.3 Å². The first-order valence-electron chi connectivity index (χ1n) is 14.9. The van der Waals surface area contributed by atoms with Gasteiger partial charge in [-0.1, -0.05) is 104 Å². The monoisotopic (exact) mass is 633 g/mol. The zero-order chi connectivity index (χ0) is 31.2. The molecule has 0 spiro atoms. The third-order valence-corrected chi connectivity index (χ3v) is 10.5. The number of thioether (sulfide) groups is 1. The van der Waals surface area contributed by atoms with Crippen LogP contribution in [0.2, 0.25) is 0 Å². The van der Waals surface area contributed by atoms with Gasteiger partial charge in [-0.2, -0.15) is 0 Å². The maximum atomic E-state index is 13.7. The first-order valence-corrected chi connectivity index (χ1v) is 16.7. The summed E-state index contributed by atoms with van der Waals surface area (Å²) in [4.78, 5) is 28.8. The molecule has 2 aliphatic heterocycles. The van der Waals surface area contributed by atoms with E-state index in [1.807, 2.05) is 55.5 Å². The highest BCUT2D eigenvalue weighted by Gasteiger charge is 2.48. The molecule has 0 bridgehead atoms. The van der Waals surface area contributed by atoms with Crippen LogP contribution in [0, 0.1) is 0 Å². The van der Waals surface area contributed by atoms with Gasteiger partial charge in [0.2, 0.25) is 5.13 Å². The van der Waals surface area contributed by atoms with Crippen LogP contribution in [0.4, 0.5) is 5.13 Å². The Morgan fingerprint density at radius 3 is 2.60 bits per heavy atom. The van der Waals surface area contributed by atoms with Crippen molar-refractivity contribution in [3.05, 3.63) is 118 Å². The van der Waals surface area contributed by atoms with Gasteiger partial charge in [0.05, 0.1) is 11.6 Å². The van der Waals surface area contributed by atoms with Gasteiger partial charge in [-0.25, -0.2) is 0 Å². The molecule has 3 heterocycles. The zero-order valence-corrected chi connectivity index (χ0v) is 26.7. The zero-order valence-electron chi connectivity index (χ0n) is 25.1. The van der Waals surface area contributed by atoms with Gasteiger partial charge in [0.1, 0.15) is 17.6 Å². The number of hydrogen-bond acceptors (Lipinski definition) is 8. The van der Waals surface area contributed by atoms with E-state index in [-0.39, 0.29) is 17.4 Å². The summed E-state index contributed by atoms with van der Waals surface area (Å²) in [6.07, 6.45) is 0.738. The molecule has 9 heteroatoms. The molecule has 5 aromatic rings. The largest absolute Gasteiger partial charge is 0.507 e. The summed E-state index contributed by atoms with van der Waals surface area (Å²) in [6.45, 7) is 6.21. The first kappa shape index (κ1) is 29.3. The van der Waals surface area contributed by atoms with E-state index in [0.717, 1.165) is 16.9 Å². The molecule has 2 atom stereocenters. The number of ether oxygens (including phenoxy) is 1. The Morgan fingerprint density at radius 1 is 1.02 bits per heavy atom. The minimum Gasteiger partial charge on any atom is -0.507 e. The van der Waals surface area contributed by atoms with E-state index in [1.165, 1.54) is 44.3 Å². The lowest BCUT2D eigenvalue weighted by atomic mass is 9.93. The SMILES string of the molecule is CC(C)c1ccc([C@@H]2C(=C(O)c3ccc4c(c3)C[C@H](C)O4)C(=O)C(=O)N2c2nnc(SCc3cccc4ccccc34)s2)cc1. The second kappa shape index (κ2) is 11.8. The van der Waals surface area contributed by atoms with E-state index in [2.05, 4.69) is 48.3 Å². The van der Waals surface area contributed by atoms with Gasteiger partial charge in [0.25, 0.3) is 5.78 Å². The predicted molar refractivity (Wildman–Crippen MR) is 179 cm³/mol. The van der Waals surface area contributed by atoms with E-state index < -0.39 is 17.7 Å². The summed E-state index contributed by atoms with van der Waals surface area (Å²) < 4.78 is 6.51. The number of amides is 1. The molecule has 226 valence electrons. The third-order valence-electron chi connectivity index (χ3n) is 8.37. The molecule has 7 rings (SSSR count). The molecule has 7 nitrogen and oxygen atoms in total. The number of rotatable bonds is 7. The van der Waals surface area contributed by atoms with Crippen molar-refractivity contribution in [2.75, 3.05) is 4.90 Å². The van der Waals surface area contributed by atoms with Crippen LogP contribution in [0.1, 0.15) is 60.5 Å². The Balaban J connectivity index is 1.26. The molecule has 45 heavy (non-hydrogen) atoms. The van der Waals surface area contributed by atoms with Gasteiger partial charge in [0, 0.05) is 17.7 Å². The first-order chi connectivity index (χ1) is 21.8. The Kier molecular flexibility index (Phi) is 7.67. The van der Waals surface area contributed by atoms with E-state index in [1.54, 1.807) is 12.1 Å². The summed E-state index contributed by atoms with van der Waals surface area (Å²) in [7, 11) is 0. The fourth-order valence-electron chi connectivity index (χ4n) is 6.05. The van der Waals surface area contributed by atoms with E-state index in [9.17, 15) is 14.7 Å². The molecule has 1 saturated heterocycles. The second-order valence-corrected chi connectivity index (χ2v) is 13.9. The number of aromatic nitrogens is 2. The third kappa shape index (κ3) is 5.40. The van der Waals surface area contributed by atoms with E-state index >= 15 is 0 Å². The molecule has 0 aliphatic carbocycles. The number of carbonyl (C=O) groups is 2. The summed E-state index contributed by atoms with van der Waals surface area (Å²) in [5, 5.41) is 23.1. The highest BCUT2D eigenvalue weighted by atomic mass is 32.2. The molecular weight excluding hydrogens is 603 g/mol. The number of fused-ring (bicyclic) bond motifs is 2. The maximum Gasteiger partial charge on any atom is 0.301 e. The van der Waals surface area contributed by atoms with Crippen LogP contribution in [0.3, 0.4) is 0 Å². The number of aliphatic hydroxyl groups is 1. The summed E-state index contributed by atoms with van der Waals surface area (Å²) in [5.41, 5.74) is 4.47. The lowest BCUT2D eigenvalue weighted by Crippen LogP contribution is -2.29. The van der Waals surface area contributed by atoms with Crippen molar-refractivity contribution in [1.82, 2.24) is 10.2 Å². The van der Waals surface area contributed by atoms with Gasteiger partial charge < -0.3 is 9.84 Å². The molecule has 2 aliphatic rings. The molecule has 1 N–H and O–H groups in total. The number of carbonyl (C=O) groups excluding carboxylic acids is 2. The van der Waals surface area contributed by atoms with Crippen LogP contribution < -0.4 is 9.64 Å². The van der Waals surface area contributed by atoms with Crippen molar-refractivity contribution in [1.29, 1.82) is 0 Å². The number of ketones is 1. The average Bonchev–Trinajstić information content (AvgIpc) is 3.74. The number of Topliss-reactive ketones (excluding diaryl/α,β-unsaturated/α-hetero) is 1.